The highest BCUT2D eigenvalue weighted by Gasteiger charge is 2.15. The Hall–Kier alpha value is -1.20. The van der Waals surface area contributed by atoms with Gasteiger partial charge in [-0.25, -0.2) is 0 Å². The summed E-state index contributed by atoms with van der Waals surface area (Å²) in [5.41, 5.74) is 1.05. The van der Waals surface area contributed by atoms with Crippen LogP contribution in [0.5, 0.6) is 5.75 Å². The fourth-order valence-corrected chi connectivity index (χ4v) is 2.22. The van der Waals surface area contributed by atoms with Crippen LogP contribution in [0.3, 0.4) is 0 Å². The van der Waals surface area contributed by atoms with Crippen molar-refractivity contribution in [2.45, 2.75) is 39.0 Å². The lowest BCUT2D eigenvalue weighted by atomic mass is 10.2. The molecule has 1 aromatic rings. The smallest absolute Gasteiger partial charge is 0.320 e. The third-order valence-corrected chi connectivity index (χ3v) is 3.40. The number of rotatable bonds is 9. The molecule has 0 fully saturated rings. The van der Waals surface area contributed by atoms with Gasteiger partial charge in [-0.2, -0.15) is 11.8 Å². The molecule has 0 saturated carbocycles. The molecule has 1 atom stereocenters. The summed E-state index contributed by atoms with van der Waals surface area (Å²) in [5.74, 6) is 0.880. The molecule has 112 valence electrons. The highest BCUT2D eigenvalue weighted by atomic mass is 32.2. The summed E-state index contributed by atoms with van der Waals surface area (Å²) in [6.07, 6.45) is 2.76. The first-order valence-electron chi connectivity index (χ1n) is 6.73. The van der Waals surface area contributed by atoms with Crippen molar-refractivity contribution in [1.29, 1.82) is 0 Å². The SMILES string of the molecule is CSCC[C@@H](NCc1ccc(OC(C)C)cc1)C(=O)O. The number of carboxylic acids is 1. The summed E-state index contributed by atoms with van der Waals surface area (Å²) < 4.78 is 5.57. The third kappa shape index (κ3) is 6.30. The molecule has 1 rings (SSSR count). The minimum absolute atomic E-state index is 0.155. The van der Waals surface area contributed by atoms with Crippen LogP contribution in [0.25, 0.3) is 0 Å². The Bertz CT molecular complexity index is 406. The van der Waals surface area contributed by atoms with Crippen molar-refractivity contribution in [3.63, 3.8) is 0 Å². The monoisotopic (exact) mass is 297 g/mol. The van der Waals surface area contributed by atoms with Gasteiger partial charge in [0.25, 0.3) is 0 Å². The van der Waals surface area contributed by atoms with E-state index in [1.807, 2.05) is 44.4 Å². The number of benzene rings is 1. The summed E-state index contributed by atoms with van der Waals surface area (Å²) in [6, 6.07) is 7.24. The van der Waals surface area contributed by atoms with Crippen LogP contribution < -0.4 is 10.1 Å². The molecule has 0 heterocycles. The molecule has 0 aliphatic carbocycles. The summed E-state index contributed by atoms with van der Waals surface area (Å²) in [4.78, 5) is 11.1. The number of ether oxygens (including phenoxy) is 1. The van der Waals surface area contributed by atoms with Crippen LogP contribution in [0.15, 0.2) is 24.3 Å². The Kier molecular flexibility index (Phi) is 7.47. The first kappa shape index (κ1) is 16.9. The van der Waals surface area contributed by atoms with Crippen molar-refractivity contribution in [2.24, 2.45) is 0 Å². The van der Waals surface area contributed by atoms with Crippen LogP contribution >= 0.6 is 11.8 Å². The highest BCUT2D eigenvalue weighted by Crippen LogP contribution is 2.14. The van der Waals surface area contributed by atoms with Crippen LogP contribution in [-0.2, 0) is 11.3 Å². The summed E-state index contributed by atoms with van der Waals surface area (Å²) in [7, 11) is 0. The molecular formula is C15H23NO3S. The second-order valence-corrected chi connectivity index (χ2v) is 5.85. The van der Waals surface area contributed by atoms with E-state index in [-0.39, 0.29) is 6.10 Å². The maximum atomic E-state index is 11.1. The van der Waals surface area contributed by atoms with Gasteiger partial charge in [-0.1, -0.05) is 12.1 Å². The molecule has 0 radical (unpaired) electrons. The van der Waals surface area contributed by atoms with Crippen molar-refractivity contribution in [2.75, 3.05) is 12.0 Å². The van der Waals surface area contributed by atoms with Gasteiger partial charge in [0.15, 0.2) is 0 Å². The van der Waals surface area contributed by atoms with Gasteiger partial charge in [0.2, 0.25) is 0 Å². The Balaban J connectivity index is 2.48. The van der Waals surface area contributed by atoms with E-state index in [2.05, 4.69) is 5.32 Å². The third-order valence-electron chi connectivity index (χ3n) is 2.76. The molecule has 0 amide bonds. The van der Waals surface area contributed by atoms with Gasteiger partial charge >= 0.3 is 5.97 Å². The molecule has 0 aliphatic rings. The largest absolute Gasteiger partial charge is 0.491 e. The number of hydrogen-bond donors (Lipinski definition) is 2. The minimum Gasteiger partial charge on any atom is -0.491 e. The molecule has 0 spiro atoms. The van der Waals surface area contributed by atoms with Crippen molar-refractivity contribution in [1.82, 2.24) is 5.32 Å². The van der Waals surface area contributed by atoms with Crippen molar-refractivity contribution in [3.05, 3.63) is 29.8 Å². The summed E-state index contributed by atoms with van der Waals surface area (Å²) in [5, 5.41) is 12.2. The van der Waals surface area contributed by atoms with Gasteiger partial charge in [0.05, 0.1) is 6.10 Å². The number of hydrogen-bond acceptors (Lipinski definition) is 4. The molecule has 0 aliphatic heterocycles. The van der Waals surface area contributed by atoms with E-state index in [1.54, 1.807) is 11.8 Å². The number of carboxylic acid groups (broad SMARTS) is 1. The van der Waals surface area contributed by atoms with Crippen molar-refractivity contribution >= 4 is 17.7 Å². The molecular weight excluding hydrogens is 274 g/mol. The predicted octanol–water partition coefficient (Wildman–Crippen LogP) is 2.77. The van der Waals surface area contributed by atoms with Crippen LogP contribution in [0.1, 0.15) is 25.8 Å². The van der Waals surface area contributed by atoms with E-state index in [0.717, 1.165) is 17.1 Å². The van der Waals surface area contributed by atoms with Crippen LogP contribution in [0, 0.1) is 0 Å². The van der Waals surface area contributed by atoms with Crippen LogP contribution in [0.4, 0.5) is 0 Å². The summed E-state index contributed by atoms with van der Waals surface area (Å²) in [6.45, 7) is 4.52. The number of aliphatic carboxylic acids is 1. The number of thioether (sulfide) groups is 1. The number of carbonyl (C=O) groups is 1. The van der Waals surface area contributed by atoms with Gasteiger partial charge in [-0.3, -0.25) is 4.79 Å². The number of nitrogens with one attached hydrogen (secondary N) is 1. The van der Waals surface area contributed by atoms with Gasteiger partial charge < -0.3 is 15.2 Å². The van der Waals surface area contributed by atoms with Crippen LogP contribution in [0.2, 0.25) is 0 Å². The predicted molar refractivity (Wildman–Crippen MR) is 83.5 cm³/mol. The van der Waals surface area contributed by atoms with Gasteiger partial charge in [-0.15, -0.1) is 0 Å². The summed E-state index contributed by atoms with van der Waals surface area (Å²) >= 11 is 1.66. The second-order valence-electron chi connectivity index (χ2n) is 4.86. The quantitative estimate of drug-likeness (QED) is 0.734. The fraction of sp³-hybridized carbons (Fsp3) is 0.533. The fourth-order valence-electron chi connectivity index (χ4n) is 1.75. The zero-order chi connectivity index (χ0) is 15.0. The lowest BCUT2D eigenvalue weighted by Crippen LogP contribution is -2.36. The zero-order valence-electron chi connectivity index (χ0n) is 12.3. The molecule has 2 N–H and O–H groups in total. The van der Waals surface area contributed by atoms with Crippen LogP contribution in [-0.4, -0.2) is 35.2 Å². The normalized spacial score (nSPS) is 12.4. The molecule has 0 saturated heterocycles. The van der Waals surface area contributed by atoms with Gasteiger partial charge in [-0.05, 0) is 50.0 Å². The Labute approximate surface area is 124 Å². The van der Waals surface area contributed by atoms with E-state index >= 15 is 0 Å². The molecule has 1 aromatic carbocycles. The topological polar surface area (TPSA) is 58.6 Å². The maximum Gasteiger partial charge on any atom is 0.320 e. The highest BCUT2D eigenvalue weighted by molar-refractivity contribution is 7.98. The van der Waals surface area contributed by atoms with Crippen molar-refractivity contribution < 1.29 is 14.6 Å². The van der Waals surface area contributed by atoms with E-state index in [9.17, 15) is 4.79 Å². The molecule has 0 unspecified atom stereocenters. The van der Waals surface area contributed by atoms with E-state index in [1.165, 1.54) is 0 Å². The lowest BCUT2D eigenvalue weighted by molar-refractivity contribution is -0.139. The Morgan fingerprint density at radius 1 is 1.35 bits per heavy atom. The van der Waals surface area contributed by atoms with Gasteiger partial charge in [0, 0.05) is 6.54 Å². The van der Waals surface area contributed by atoms with Gasteiger partial charge in [0.1, 0.15) is 11.8 Å². The molecule has 4 nitrogen and oxygen atoms in total. The minimum atomic E-state index is -0.793. The average molecular weight is 297 g/mol. The molecule has 0 aromatic heterocycles. The zero-order valence-corrected chi connectivity index (χ0v) is 13.1. The molecule has 5 heteroatoms. The average Bonchev–Trinajstić information content (AvgIpc) is 2.39. The first-order chi connectivity index (χ1) is 9.52. The molecule has 0 bridgehead atoms. The second kappa shape index (κ2) is 8.87. The Morgan fingerprint density at radius 2 is 2.00 bits per heavy atom. The lowest BCUT2D eigenvalue weighted by Gasteiger charge is -2.14. The standard InChI is InChI=1S/C15H23NO3S/c1-11(2)19-13-6-4-12(5-7-13)10-16-14(15(17)18)8-9-20-3/h4-7,11,14,16H,8-10H2,1-3H3,(H,17,18)/t14-/m1/s1. The maximum absolute atomic E-state index is 11.1. The van der Waals surface area contributed by atoms with E-state index in [4.69, 9.17) is 9.84 Å². The van der Waals surface area contributed by atoms with Crippen molar-refractivity contribution in [3.8, 4) is 5.75 Å². The first-order valence-corrected chi connectivity index (χ1v) is 8.13. The van der Waals surface area contributed by atoms with E-state index in [0.29, 0.717) is 13.0 Å². The Morgan fingerprint density at radius 3 is 2.50 bits per heavy atom. The molecule has 20 heavy (non-hydrogen) atoms. The van der Waals surface area contributed by atoms with E-state index < -0.39 is 12.0 Å².